The molecule has 0 saturated heterocycles. The molecule has 0 fully saturated rings. The highest BCUT2D eigenvalue weighted by Crippen LogP contribution is 2.19. The third kappa shape index (κ3) is 5.14. The zero-order chi connectivity index (χ0) is 17.4. The summed E-state index contributed by atoms with van der Waals surface area (Å²) in [5, 5.41) is 12.3. The van der Waals surface area contributed by atoms with E-state index in [2.05, 4.69) is 21.3 Å². The largest absolute Gasteiger partial charge is 0.497 e. The maximum atomic E-state index is 9.17. The SMILES string of the molecule is COc1cccc(/C=C/c2nc(C#N)c(NCCCN(C)C)o2)c1. The summed E-state index contributed by atoms with van der Waals surface area (Å²) in [5.74, 6) is 1.59. The van der Waals surface area contributed by atoms with Crippen LogP contribution in [0.25, 0.3) is 12.2 Å². The zero-order valence-corrected chi connectivity index (χ0v) is 14.2. The summed E-state index contributed by atoms with van der Waals surface area (Å²) in [6.45, 7) is 1.69. The lowest BCUT2D eigenvalue weighted by atomic mass is 10.2. The molecule has 0 bridgehead atoms. The normalized spacial score (nSPS) is 11.0. The molecule has 1 heterocycles. The predicted octanol–water partition coefficient (Wildman–Crippen LogP) is 3.09. The van der Waals surface area contributed by atoms with Crippen LogP contribution in [0.1, 0.15) is 23.6 Å². The number of aromatic nitrogens is 1. The maximum absolute atomic E-state index is 9.17. The van der Waals surface area contributed by atoms with E-state index in [1.165, 1.54) is 0 Å². The maximum Gasteiger partial charge on any atom is 0.232 e. The van der Waals surface area contributed by atoms with E-state index >= 15 is 0 Å². The van der Waals surface area contributed by atoms with Gasteiger partial charge in [0.05, 0.1) is 7.11 Å². The van der Waals surface area contributed by atoms with Crippen molar-refractivity contribution in [1.29, 1.82) is 5.26 Å². The van der Waals surface area contributed by atoms with Crippen LogP contribution < -0.4 is 10.1 Å². The number of nitrogens with zero attached hydrogens (tertiary/aromatic N) is 3. The van der Waals surface area contributed by atoms with E-state index in [4.69, 9.17) is 14.4 Å². The first-order valence-corrected chi connectivity index (χ1v) is 7.74. The number of rotatable bonds is 8. The van der Waals surface area contributed by atoms with Gasteiger partial charge in [-0.1, -0.05) is 12.1 Å². The Balaban J connectivity index is 2.03. The molecule has 1 aromatic carbocycles. The zero-order valence-electron chi connectivity index (χ0n) is 14.2. The molecule has 6 nitrogen and oxygen atoms in total. The minimum absolute atomic E-state index is 0.269. The second-order valence-corrected chi connectivity index (χ2v) is 5.54. The Kier molecular flexibility index (Phi) is 6.41. The molecule has 0 spiro atoms. The Labute approximate surface area is 142 Å². The fourth-order valence-corrected chi connectivity index (χ4v) is 2.11. The monoisotopic (exact) mass is 326 g/mol. The van der Waals surface area contributed by atoms with E-state index in [0.29, 0.717) is 11.8 Å². The summed E-state index contributed by atoms with van der Waals surface area (Å²) >= 11 is 0. The third-order valence-electron chi connectivity index (χ3n) is 3.33. The van der Waals surface area contributed by atoms with Gasteiger partial charge in [0.2, 0.25) is 17.5 Å². The van der Waals surface area contributed by atoms with Crippen LogP contribution in [0.15, 0.2) is 28.7 Å². The van der Waals surface area contributed by atoms with Crippen LogP contribution >= 0.6 is 0 Å². The molecule has 2 aromatic rings. The third-order valence-corrected chi connectivity index (χ3v) is 3.33. The number of oxazole rings is 1. The summed E-state index contributed by atoms with van der Waals surface area (Å²) in [5.41, 5.74) is 1.23. The van der Waals surface area contributed by atoms with Gasteiger partial charge in [0.15, 0.2) is 0 Å². The fourth-order valence-electron chi connectivity index (χ4n) is 2.11. The van der Waals surface area contributed by atoms with Gasteiger partial charge in [-0.2, -0.15) is 10.2 Å². The highest BCUT2D eigenvalue weighted by molar-refractivity contribution is 5.67. The topological polar surface area (TPSA) is 74.3 Å². The van der Waals surface area contributed by atoms with Gasteiger partial charge >= 0.3 is 0 Å². The van der Waals surface area contributed by atoms with E-state index in [0.717, 1.165) is 30.8 Å². The van der Waals surface area contributed by atoms with Gasteiger partial charge in [0.25, 0.3) is 0 Å². The molecule has 126 valence electrons. The smallest absolute Gasteiger partial charge is 0.232 e. The van der Waals surface area contributed by atoms with Crippen LogP contribution in [0.5, 0.6) is 5.75 Å². The first-order chi connectivity index (χ1) is 11.6. The standard InChI is InChI=1S/C18H22N4O2/c1-22(2)11-5-10-20-18-16(13-19)21-17(24-18)9-8-14-6-4-7-15(12-14)23-3/h4,6-9,12,20H,5,10-11H2,1-3H3/b9-8+. The van der Waals surface area contributed by atoms with Crippen molar-refractivity contribution in [1.82, 2.24) is 9.88 Å². The predicted molar refractivity (Wildman–Crippen MR) is 94.8 cm³/mol. The number of hydrogen-bond acceptors (Lipinski definition) is 6. The molecule has 1 aromatic heterocycles. The van der Waals surface area contributed by atoms with Crippen molar-refractivity contribution in [3.63, 3.8) is 0 Å². The molecule has 0 saturated carbocycles. The first-order valence-electron chi connectivity index (χ1n) is 7.74. The number of nitrogens with one attached hydrogen (secondary N) is 1. The lowest BCUT2D eigenvalue weighted by Gasteiger charge is -2.08. The number of benzene rings is 1. The van der Waals surface area contributed by atoms with Gasteiger partial charge in [-0.05, 0) is 50.8 Å². The summed E-state index contributed by atoms with van der Waals surface area (Å²) in [4.78, 5) is 6.29. The summed E-state index contributed by atoms with van der Waals surface area (Å²) < 4.78 is 10.8. The van der Waals surface area contributed by atoms with Crippen LogP contribution in [0.4, 0.5) is 5.88 Å². The quantitative estimate of drug-likeness (QED) is 0.751. The molecule has 0 aliphatic carbocycles. The van der Waals surface area contributed by atoms with Crippen LogP contribution in [0, 0.1) is 11.3 Å². The minimum atomic E-state index is 0.269. The summed E-state index contributed by atoms with van der Waals surface area (Å²) in [6.07, 6.45) is 4.56. The van der Waals surface area contributed by atoms with Gasteiger partial charge in [-0.15, -0.1) is 0 Å². The van der Waals surface area contributed by atoms with E-state index in [9.17, 15) is 0 Å². The second-order valence-electron chi connectivity index (χ2n) is 5.54. The molecule has 0 atom stereocenters. The van der Waals surface area contributed by atoms with Gasteiger partial charge < -0.3 is 19.4 Å². The fraction of sp³-hybridized carbons (Fsp3) is 0.333. The molecule has 0 radical (unpaired) electrons. The first kappa shape index (κ1) is 17.6. The molecule has 0 unspecified atom stereocenters. The van der Waals surface area contributed by atoms with E-state index in [-0.39, 0.29) is 5.69 Å². The number of ether oxygens (including phenoxy) is 1. The second kappa shape index (κ2) is 8.75. The van der Waals surface area contributed by atoms with Gasteiger partial charge in [-0.3, -0.25) is 0 Å². The van der Waals surface area contributed by atoms with Gasteiger partial charge in [0.1, 0.15) is 11.8 Å². The number of methoxy groups -OCH3 is 1. The lowest BCUT2D eigenvalue weighted by Crippen LogP contribution is -2.16. The van der Waals surface area contributed by atoms with Crippen molar-refractivity contribution in [3.8, 4) is 11.8 Å². The molecule has 24 heavy (non-hydrogen) atoms. The Hall–Kier alpha value is -2.78. The molecular formula is C18H22N4O2. The summed E-state index contributed by atoms with van der Waals surface area (Å²) in [7, 11) is 5.68. The molecular weight excluding hydrogens is 304 g/mol. The van der Waals surface area contributed by atoms with Crippen molar-refractivity contribution in [2.24, 2.45) is 0 Å². The molecule has 6 heteroatoms. The number of nitriles is 1. The average molecular weight is 326 g/mol. The molecule has 0 aliphatic heterocycles. The Bertz CT molecular complexity index is 729. The highest BCUT2D eigenvalue weighted by atomic mass is 16.5. The van der Waals surface area contributed by atoms with Crippen LogP contribution in [0.3, 0.4) is 0 Å². The summed E-state index contributed by atoms with van der Waals surface area (Å²) in [6, 6.07) is 9.70. The van der Waals surface area contributed by atoms with Crippen molar-refractivity contribution < 1.29 is 9.15 Å². The van der Waals surface area contributed by atoms with Crippen LogP contribution in [0.2, 0.25) is 0 Å². The number of anilines is 1. The van der Waals surface area contributed by atoms with Crippen molar-refractivity contribution in [3.05, 3.63) is 41.4 Å². The highest BCUT2D eigenvalue weighted by Gasteiger charge is 2.10. The molecule has 1 N–H and O–H groups in total. The lowest BCUT2D eigenvalue weighted by molar-refractivity contribution is 0.404. The Morgan fingerprint density at radius 1 is 1.38 bits per heavy atom. The van der Waals surface area contributed by atoms with Crippen LogP contribution in [-0.4, -0.2) is 44.2 Å². The van der Waals surface area contributed by atoms with Crippen molar-refractivity contribution in [2.75, 3.05) is 39.6 Å². The Morgan fingerprint density at radius 2 is 2.21 bits per heavy atom. The number of hydrogen-bond donors (Lipinski definition) is 1. The van der Waals surface area contributed by atoms with Crippen molar-refractivity contribution >= 4 is 18.0 Å². The van der Waals surface area contributed by atoms with E-state index in [1.54, 1.807) is 13.2 Å². The van der Waals surface area contributed by atoms with E-state index < -0.39 is 0 Å². The van der Waals surface area contributed by atoms with Crippen LogP contribution in [-0.2, 0) is 0 Å². The molecule has 0 aliphatic rings. The minimum Gasteiger partial charge on any atom is -0.497 e. The van der Waals surface area contributed by atoms with E-state index in [1.807, 2.05) is 44.4 Å². The Morgan fingerprint density at radius 3 is 2.92 bits per heavy atom. The molecule has 2 rings (SSSR count). The van der Waals surface area contributed by atoms with Crippen molar-refractivity contribution in [2.45, 2.75) is 6.42 Å². The van der Waals surface area contributed by atoms with Gasteiger partial charge in [0, 0.05) is 12.6 Å². The van der Waals surface area contributed by atoms with Gasteiger partial charge in [-0.25, -0.2) is 0 Å². The molecule has 0 amide bonds. The average Bonchev–Trinajstić information content (AvgIpc) is 2.99.